The molecule has 0 amide bonds. The van der Waals surface area contributed by atoms with Gasteiger partial charge in [-0.15, -0.1) is 11.3 Å². The van der Waals surface area contributed by atoms with Crippen molar-refractivity contribution in [1.29, 1.82) is 0 Å². The first-order valence-electron chi connectivity index (χ1n) is 5.94. The van der Waals surface area contributed by atoms with Gasteiger partial charge in [-0.3, -0.25) is 4.90 Å². The predicted molar refractivity (Wildman–Crippen MR) is 75.4 cm³/mol. The molecule has 1 aliphatic heterocycles. The molecule has 17 heavy (non-hydrogen) atoms. The minimum Gasteiger partial charge on any atom is -0.373 e. The van der Waals surface area contributed by atoms with Gasteiger partial charge >= 0.3 is 0 Å². The van der Waals surface area contributed by atoms with E-state index in [0.717, 1.165) is 13.1 Å². The van der Waals surface area contributed by atoms with Crippen molar-refractivity contribution in [3.63, 3.8) is 0 Å². The summed E-state index contributed by atoms with van der Waals surface area (Å²) in [7, 11) is 0. The summed E-state index contributed by atoms with van der Waals surface area (Å²) in [6.45, 7) is 6.81. The molecule has 0 radical (unpaired) electrons. The number of rotatable bonds is 3. The van der Waals surface area contributed by atoms with Crippen LogP contribution in [-0.4, -0.2) is 36.7 Å². The summed E-state index contributed by atoms with van der Waals surface area (Å²) in [5, 5.41) is 2.11. The topological polar surface area (TPSA) is 38.5 Å². The van der Waals surface area contributed by atoms with Gasteiger partial charge in [0.2, 0.25) is 0 Å². The van der Waals surface area contributed by atoms with E-state index in [9.17, 15) is 0 Å². The second-order valence-corrected chi connectivity index (χ2v) is 6.40. The van der Waals surface area contributed by atoms with E-state index in [1.807, 2.05) is 0 Å². The molecule has 0 aliphatic carbocycles. The van der Waals surface area contributed by atoms with Crippen molar-refractivity contribution in [3.8, 4) is 0 Å². The second kappa shape index (κ2) is 5.80. The lowest BCUT2D eigenvalue weighted by atomic mass is 10.1. The zero-order valence-electron chi connectivity index (χ0n) is 10.2. The van der Waals surface area contributed by atoms with Crippen LogP contribution in [0.5, 0.6) is 0 Å². The molecule has 1 aliphatic rings. The molecule has 1 fully saturated rings. The molecular weight excluding hydrogens is 300 g/mol. The maximum absolute atomic E-state index is 5.96. The number of hydrogen-bond donors (Lipinski definition) is 1. The van der Waals surface area contributed by atoms with Crippen LogP contribution >= 0.6 is 27.3 Å². The third-order valence-corrected chi connectivity index (χ3v) is 5.03. The van der Waals surface area contributed by atoms with Gasteiger partial charge in [-0.1, -0.05) is 0 Å². The highest BCUT2D eigenvalue weighted by Gasteiger charge is 2.29. The third kappa shape index (κ3) is 3.09. The van der Waals surface area contributed by atoms with Gasteiger partial charge < -0.3 is 10.5 Å². The van der Waals surface area contributed by atoms with Crippen LogP contribution in [0.1, 0.15) is 24.8 Å². The lowest BCUT2D eigenvalue weighted by Crippen LogP contribution is -2.48. The van der Waals surface area contributed by atoms with Crippen LogP contribution in [0.4, 0.5) is 0 Å². The van der Waals surface area contributed by atoms with Crippen LogP contribution in [0.2, 0.25) is 0 Å². The van der Waals surface area contributed by atoms with Crippen LogP contribution in [0.3, 0.4) is 0 Å². The smallest absolute Gasteiger partial charge is 0.0678 e. The van der Waals surface area contributed by atoms with Crippen LogP contribution in [0.25, 0.3) is 0 Å². The summed E-state index contributed by atoms with van der Waals surface area (Å²) in [6, 6.07) is 2.40. The lowest BCUT2D eigenvalue weighted by molar-refractivity contribution is -0.0796. The van der Waals surface area contributed by atoms with Crippen LogP contribution in [-0.2, 0) is 4.74 Å². The first-order chi connectivity index (χ1) is 8.11. The Morgan fingerprint density at radius 2 is 2.18 bits per heavy atom. The first kappa shape index (κ1) is 13.5. The fraction of sp³-hybridized carbons (Fsp3) is 0.667. The number of morpholine rings is 1. The number of nitrogens with two attached hydrogens (primary N) is 1. The average Bonchev–Trinajstić information content (AvgIpc) is 2.65. The van der Waals surface area contributed by atoms with Gasteiger partial charge in [0.15, 0.2) is 0 Å². The Morgan fingerprint density at radius 1 is 1.53 bits per heavy atom. The highest BCUT2D eigenvalue weighted by Crippen LogP contribution is 2.33. The molecule has 1 aromatic heterocycles. The van der Waals surface area contributed by atoms with E-state index >= 15 is 0 Å². The maximum atomic E-state index is 5.96. The highest BCUT2D eigenvalue weighted by atomic mass is 79.9. The molecule has 2 N–H and O–H groups in total. The van der Waals surface area contributed by atoms with Crippen molar-refractivity contribution in [2.45, 2.75) is 32.1 Å². The van der Waals surface area contributed by atoms with Gasteiger partial charge in [0.1, 0.15) is 0 Å². The minimum absolute atomic E-state index is 0.284. The Kier molecular flexibility index (Phi) is 4.60. The van der Waals surface area contributed by atoms with Crippen molar-refractivity contribution < 1.29 is 4.74 Å². The molecule has 0 saturated carbocycles. The van der Waals surface area contributed by atoms with E-state index in [4.69, 9.17) is 10.5 Å². The molecule has 5 heteroatoms. The molecule has 2 rings (SSSR count). The van der Waals surface area contributed by atoms with Crippen molar-refractivity contribution >= 4 is 27.3 Å². The highest BCUT2D eigenvalue weighted by molar-refractivity contribution is 9.10. The Bertz CT molecular complexity index is 361. The average molecular weight is 319 g/mol. The fourth-order valence-corrected chi connectivity index (χ4v) is 4.22. The number of halogens is 1. The Hall–Kier alpha value is 0.0600. The third-order valence-electron chi connectivity index (χ3n) is 3.06. The molecule has 0 spiro atoms. The molecule has 2 heterocycles. The molecule has 1 saturated heterocycles. The molecular formula is C12H19BrN2OS. The van der Waals surface area contributed by atoms with Gasteiger partial charge in [0.25, 0.3) is 0 Å². The zero-order valence-corrected chi connectivity index (χ0v) is 12.6. The molecule has 3 nitrogen and oxygen atoms in total. The fourth-order valence-electron chi connectivity index (χ4n) is 2.44. The Balaban J connectivity index is 2.15. The second-order valence-electron chi connectivity index (χ2n) is 4.60. The van der Waals surface area contributed by atoms with E-state index in [1.54, 1.807) is 11.3 Å². The van der Waals surface area contributed by atoms with Crippen molar-refractivity contribution in [2.24, 2.45) is 5.73 Å². The number of hydrogen-bond acceptors (Lipinski definition) is 4. The Morgan fingerprint density at radius 3 is 2.65 bits per heavy atom. The molecule has 96 valence electrons. The molecule has 0 bridgehead atoms. The lowest BCUT2D eigenvalue weighted by Gasteiger charge is -2.39. The van der Waals surface area contributed by atoms with E-state index < -0.39 is 0 Å². The number of ether oxygens (including phenoxy) is 1. The molecule has 3 atom stereocenters. The van der Waals surface area contributed by atoms with E-state index in [2.05, 4.69) is 46.1 Å². The van der Waals surface area contributed by atoms with Crippen molar-refractivity contribution in [1.82, 2.24) is 4.90 Å². The van der Waals surface area contributed by atoms with Gasteiger partial charge in [-0.25, -0.2) is 0 Å². The molecule has 1 aromatic rings. The zero-order chi connectivity index (χ0) is 12.4. The summed E-state index contributed by atoms with van der Waals surface area (Å²) < 4.78 is 6.94. The van der Waals surface area contributed by atoms with E-state index in [-0.39, 0.29) is 12.2 Å². The summed E-state index contributed by atoms with van der Waals surface area (Å²) in [6.07, 6.45) is 0.568. The standard InChI is InChI=1S/C12H19BrN2OS/c1-8-6-15(7-9(2)16-8)11(5-14)12-10(13)3-4-17-12/h3-4,8-9,11H,5-7,14H2,1-2H3/t8-,9+,11?. The normalized spacial score (nSPS) is 28.2. The monoisotopic (exact) mass is 318 g/mol. The number of nitrogens with zero attached hydrogens (tertiary/aromatic N) is 1. The minimum atomic E-state index is 0.284. The van der Waals surface area contributed by atoms with Crippen LogP contribution in [0, 0.1) is 0 Å². The maximum Gasteiger partial charge on any atom is 0.0678 e. The van der Waals surface area contributed by atoms with Crippen LogP contribution in [0.15, 0.2) is 15.9 Å². The predicted octanol–water partition coefficient (Wildman–Crippen LogP) is 2.62. The van der Waals surface area contributed by atoms with Crippen molar-refractivity contribution in [3.05, 3.63) is 20.8 Å². The summed E-state index contributed by atoms with van der Waals surface area (Å²) in [5.74, 6) is 0. The summed E-state index contributed by atoms with van der Waals surface area (Å²) in [4.78, 5) is 3.77. The SMILES string of the molecule is C[C@@H]1CN(C(CN)c2sccc2Br)C[C@H](C)O1. The van der Waals surface area contributed by atoms with Gasteiger partial charge in [0.05, 0.1) is 18.2 Å². The van der Waals surface area contributed by atoms with E-state index in [0.29, 0.717) is 12.6 Å². The van der Waals surface area contributed by atoms with Crippen LogP contribution < -0.4 is 5.73 Å². The summed E-state index contributed by atoms with van der Waals surface area (Å²) >= 11 is 5.37. The molecule has 1 unspecified atom stereocenters. The van der Waals surface area contributed by atoms with Gasteiger partial charge in [-0.2, -0.15) is 0 Å². The summed E-state index contributed by atoms with van der Waals surface area (Å²) in [5.41, 5.74) is 5.96. The largest absolute Gasteiger partial charge is 0.373 e. The molecule has 0 aromatic carbocycles. The Labute approximate surface area is 115 Å². The van der Waals surface area contributed by atoms with E-state index in [1.165, 1.54) is 9.35 Å². The quantitative estimate of drug-likeness (QED) is 0.931. The van der Waals surface area contributed by atoms with Crippen molar-refractivity contribution in [2.75, 3.05) is 19.6 Å². The first-order valence-corrected chi connectivity index (χ1v) is 7.61. The number of thiophene rings is 1. The van der Waals surface area contributed by atoms with Gasteiger partial charge in [-0.05, 0) is 41.2 Å². The van der Waals surface area contributed by atoms with Gasteiger partial charge in [0, 0.05) is 29.0 Å².